The predicted octanol–water partition coefficient (Wildman–Crippen LogP) is 2.37. The molecule has 0 saturated carbocycles. The molecule has 0 unspecified atom stereocenters. The molecule has 1 aromatic rings. The highest BCUT2D eigenvalue weighted by Crippen LogP contribution is 2.18. The summed E-state index contributed by atoms with van der Waals surface area (Å²) < 4.78 is 0. The molecule has 1 heterocycles. The number of hydrogen-bond acceptors (Lipinski definition) is 3. The van der Waals surface area contributed by atoms with Gasteiger partial charge < -0.3 is 5.32 Å². The lowest BCUT2D eigenvalue weighted by molar-refractivity contribution is -0.118. The van der Waals surface area contributed by atoms with Gasteiger partial charge in [0.25, 0.3) is 0 Å². The van der Waals surface area contributed by atoms with Gasteiger partial charge in [0.15, 0.2) is 0 Å². The summed E-state index contributed by atoms with van der Waals surface area (Å²) in [7, 11) is 0. The second kappa shape index (κ2) is 4.60. The van der Waals surface area contributed by atoms with Crippen molar-refractivity contribution in [2.45, 2.75) is 40.0 Å². The summed E-state index contributed by atoms with van der Waals surface area (Å²) in [4.78, 5) is 20.0. The van der Waals surface area contributed by atoms with Crippen molar-refractivity contribution in [1.29, 1.82) is 0 Å². The summed E-state index contributed by atoms with van der Waals surface area (Å²) >= 11 is 0. The van der Waals surface area contributed by atoms with Gasteiger partial charge in [0, 0.05) is 17.5 Å². The molecule has 4 heteroatoms. The number of carbonyl (C=O) groups excluding carboxylic acids is 1. The first-order valence-electron chi connectivity index (χ1n) is 5.45. The molecule has 0 saturated heterocycles. The lowest BCUT2D eigenvalue weighted by atomic mass is 9.96. The molecule has 1 N–H and O–H groups in total. The van der Waals surface area contributed by atoms with Crippen LogP contribution in [0.15, 0.2) is 12.3 Å². The molecule has 4 nitrogen and oxygen atoms in total. The van der Waals surface area contributed by atoms with E-state index in [0.29, 0.717) is 5.82 Å². The van der Waals surface area contributed by atoms with E-state index in [-0.39, 0.29) is 17.2 Å². The summed E-state index contributed by atoms with van der Waals surface area (Å²) in [5.41, 5.74) is -0.113. The second-order valence-corrected chi connectivity index (χ2v) is 5.16. The summed E-state index contributed by atoms with van der Waals surface area (Å²) in [6, 6.07) is 1.70. The summed E-state index contributed by atoms with van der Waals surface area (Å²) in [5, 5.41) is 2.76. The van der Waals surface area contributed by atoms with Crippen molar-refractivity contribution in [1.82, 2.24) is 9.97 Å². The van der Waals surface area contributed by atoms with Crippen LogP contribution < -0.4 is 5.32 Å². The third-order valence-corrected chi connectivity index (χ3v) is 2.10. The zero-order valence-electron chi connectivity index (χ0n) is 10.5. The highest BCUT2D eigenvalue weighted by Gasteiger charge is 2.18. The van der Waals surface area contributed by atoms with Gasteiger partial charge in [0.1, 0.15) is 11.6 Å². The van der Waals surface area contributed by atoms with E-state index < -0.39 is 0 Å². The lowest BCUT2D eigenvalue weighted by Gasteiger charge is -2.17. The Hall–Kier alpha value is -1.45. The number of hydrogen-bond donors (Lipinski definition) is 1. The standard InChI is InChI=1S/C12H19N3O/c1-8(2)10(16)14-9-6-7-13-11(15-9)12(3,4)5/h6-8H,1-5H3,(H,13,14,15,16). The maximum atomic E-state index is 11.5. The molecule has 16 heavy (non-hydrogen) atoms. The van der Waals surface area contributed by atoms with E-state index in [9.17, 15) is 4.79 Å². The number of anilines is 1. The van der Waals surface area contributed by atoms with E-state index in [0.717, 1.165) is 5.82 Å². The molecule has 0 bridgehead atoms. The molecule has 0 radical (unpaired) electrons. The van der Waals surface area contributed by atoms with Crippen LogP contribution in [0, 0.1) is 5.92 Å². The van der Waals surface area contributed by atoms with Gasteiger partial charge in [-0.3, -0.25) is 4.79 Å². The molecular formula is C12H19N3O. The Morgan fingerprint density at radius 1 is 1.38 bits per heavy atom. The van der Waals surface area contributed by atoms with Crippen LogP contribution >= 0.6 is 0 Å². The van der Waals surface area contributed by atoms with Crippen LogP contribution in [0.4, 0.5) is 5.82 Å². The third-order valence-electron chi connectivity index (χ3n) is 2.10. The first-order chi connectivity index (χ1) is 7.30. The first-order valence-corrected chi connectivity index (χ1v) is 5.45. The Morgan fingerprint density at radius 2 is 2.00 bits per heavy atom. The Balaban J connectivity index is 2.88. The molecule has 0 fully saturated rings. The fourth-order valence-corrected chi connectivity index (χ4v) is 1.06. The Labute approximate surface area is 96.5 Å². The van der Waals surface area contributed by atoms with Crippen LogP contribution in [0.2, 0.25) is 0 Å². The smallest absolute Gasteiger partial charge is 0.228 e. The number of nitrogens with one attached hydrogen (secondary N) is 1. The second-order valence-electron chi connectivity index (χ2n) is 5.16. The molecular weight excluding hydrogens is 202 g/mol. The SMILES string of the molecule is CC(C)C(=O)Nc1ccnc(C(C)(C)C)n1. The zero-order valence-corrected chi connectivity index (χ0v) is 10.5. The van der Waals surface area contributed by atoms with E-state index in [1.165, 1.54) is 0 Å². The van der Waals surface area contributed by atoms with Crippen LogP contribution in [0.25, 0.3) is 0 Å². The minimum atomic E-state index is -0.113. The number of rotatable bonds is 2. The molecule has 0 aliphatic heterocycles. The first kappa shape index (κ1) is 12.6. The van der Waals surface area contributed by atoms with Crippen molar-refractivity contribution >= 4 is 11.7 Å². The van der Waals surface area contributed by atoms with E-state index in [1.54, 1.807) is 12.3 Å². The van der Waals surface area contributed by atoms with Gasteiger partial charge >= 0.3 is 0 Å². The summed E-state index contributed by atoms with van der Waals surface area (Å²) in [5.74, 6) is 1.22. The van der Waals surface area contributed by atoms with Crippen molar-refractivity contribution in [2.24, 2.45) is 5.92 Å². The molecule has 1 amide bonds. The lowest BCUT2D eigenvalue weighted by Crippen LogP contribution is -2.21. The van der Waals surface area contributed by atoms with Crippen LogP contribution in [0.5, 0.6) is 0 Å². The Bertz CT molecular complexity index is 380. The van der Waals surface area contributed by atoms with Gasteiger partial charge in [-0.25, -0.2) is 9.97 Å². The molecule has 0 atom stereocenters. The van der Waals surface area contributed by atoms with Crippen molar-refractivity contribution in [3.05, 3.63) is 18.1 Å². The largest absolute Gasteiger partial charge is 0.310 e. The van der Waals surface area contributed by atoms with Crippen molar-refractivity contribution < 1.29 is 4.79 Å². The average Bonchev–Trinajstić information content (AvgIpc) is 2.16. The number of aromatic nitrogens is 2. The summed E-state index contributed by atoms with van der Waals surface area (Å²) in [6.07, 6.45) is 1.67. The van der Waals surface area contributed by atoms with Gasteiger partial charge in [-0.1, -0.05) is 34.6 Å². The number of nitrogens with zero attached hydrogens (tertiary/aromatic N) is 2. The van der Waals surface area contributed by atoms with Gasteiger partial charge in [0.2, 0.25) is 5.91 Å². The minimum Gasteiger partial charge on any atom is -0.310 e. The van der Waals surface area contributed by atoms with Crippen LogP contribution in [0.1, 0.15) is 40.4 Å². The van der Waals surface area contributed by atoms with Crippen LogP contribution in [-0.4, -0.2) is 15.9 Å². The quantitative estimate of drug-likeness (QED) is 0.834. The fraction of sp³-hybridized carbons (Fsp3) is 0.583. The number of amides is 1. The van der Waals surface area contributed by atoms with E-state index in [1.807, 2.05) is 34.6 Å². The molecule has 1 aromatic heterocycles. The molecule has 0 aliphatic carbocycles. The monoisotopic (exact) mass is 221 g/mol. The van der Waals surface area contributed by atoms with E-state index in [2.05, 4.69) is 15.3 Å². The fourth-order valence-electron chi connectivity index (χ4n) is 1.06. The Morgan fingerprint density at radius 3 is 2.50 bits per heavy atom. The van der Waals surface area contributed by atoms with Gasteiger partial charge in [-0.2, -0.15) is 0 Å². The van der Waals surface area contributed by atoms with Gasteiger partial charge in [-0.05, 0) is 6.07 Å². The highest BCUT2D eigenvalue weighted by molar-refractivity contribution is 5.91. The van der Waals surface area contributed by atoms with E-state index >= 15 is 0 Å². The van der Waals surface area contributed by atoms with E-state index in [4.69, 9.17) is 0 Å². The average molecular weight is 221 g/mol. The topological polar surface area (TPSA) is 54.9 Å². The minimum absolute atomic E-state index is 0.0291. The van der Waals surface area contributed by atoms with Crippen molar-refractivity contribution in [2.75, 3.05) is 5.32 Å². The Kier molecular flexibility index (Phi) is 3.62. The molecule has 88 valence electrons. The molecule has 0 aliphatic rings. The molecule has 0 aromatic carbocycles. The van der Waals surface area contributed by atoms with Crippen molar-refractivity contribution in [3.63, 3.8) is 0 Å². The molecule has 1 rings (SSSR count). The highest BCUT2D eigenvalue weighted by atomic mass is 16.1. The third kappa shape index (κ3) is 3.29. The predicted molar refractivity (Wildman–Crippen MR) is 64.2 cm³/mol. The molecule has 0 spiro atoms. The van der Waals surface area contributed by atoms with Crippen LogP contribution in [0.3, 0.4) is 0 Å². The van der Waals surface area contributed by atoms with Crippen LogP contribution in [-0.2, 0) is 10.2 Å². The van der Waals surface area contributed by atoms with Gasteiger partial charge in [-0.15, -0.1) is 0 Å². The normalized spacial score (nSPS) is 11.6. The van der Waals surface area contributed by atoms with Gasteiger partial charge in [0.05, 0.1) is 0 Å². The maximum Gasteiger partial charge on any atom is 0.228 e. The number of carbonyl (C=O) groups is 1. The maximum absolute atomic E-state index is 11.5. The van der Waals surface area contributed by atoms with Crippen molar-refractivity contribution in [3.8, 4) is 0 Å². The summed E-state index contributed by atoms with van der Waals surface area (Å²) in [6.45, 7) is 9.81. The zero-order chi connectivity index (χ0) is 12.3.